The summed E-state index contributed by atoms with van der Waals surface area (Å²) in [5, 5.41) is 14.2. The van der Waals surface area contributed by atoms with Crippen LogP contribution < -0.4 is 0 Å². The van der Waals surface area contributed by atoms with Gasteiger partial charge in [-0.2, -0.15) is 5.10 Å². The van der Waals surface area contributed by atoms with Gasteiger partial charge in [0.2, 0.25) is 0 Å². The third-order valence-corrected chi connectivity index (χ3v) is 5.41. The maximum atomic E-state index is 11.9. The average molecular weight is 330 g/mol. The van der Waals surface area contributed by atoms with E-state index in [9.17, 15) is 9.90 Å². The maximum absolute atomic E-state index is 11.9. The highest BCUT2D eigenvalue weighted by Crippen LogP contribution is 2.42. The molecular formula is C17H22N4O3. The highest BCUT2D eigenvalue weighted by atomic mass is 16.5. The molecule has 0 bridgehead atoms. The number of carboxylic acid groups (broad SMARTS) is 1. The van der Waals surface area contributed by atoms with Crippen LogP contribution in [0.15, 0.2) is 12.3 Å². The van der Waals surface area contributed by atoms with Gasteiger partial charge in [-0.3, -0.25) is 9.69 Å². The highest BCUT2D eigenvalue weighted by molar-refractivity contribution is 5.76. The lowest BCUT2D eigenvalue weighted by Gasteiger charge is -2.34. The van der Waals surface area contributed by atoms with Crippen LogP contribution in [0.1, 0.15) is 23.4 Å². The van der Waals surface area contributed by atoms with Crippen molar-refractivity contribution in [3.05, 3.63) is 29.2 Å². The molecule has 4 heterocycles. The summed E-state index contributed by atoms with van der Waals surface area (Å²) in [6.45, 7) is 6.95. The standard InChI is InChI=1S/C17H22N4O3/c1-11-5-12(2)21-15(19-11)13(6-18-21)7-20-8-14-3-4-24-10-17(14,9-20)16(22)23/h5-6,14H,3-4,7-10H2,1-2H3,(H,22,23)/t14-,17+/m0/s1. The summed E-state index contributed by atoms with van der Waals surface area (Å²) in [6, 6.07) is 2.00. The molecule has 0 saturated carbocycles. The molecule has 128 valence electrons. The van der Waals surface area contributed by atoms with Crippen LogP contribution in [0.2, 0.25) is 0 Å². The van der Waals surface area contributed by atoms with E-state index in [1.54, 1.807) is 0 Å². The predicted molar refractivity (Wildman–Crippen MR) is 86.7 cm³/mol. The Hall–Kier alpha value is -1.99. The van der Waals surface area contributed by atoms with Gasteiger partial charge in [0.25, 0.3) is 0 Å². The zero-order valence-corrected chi connectivity index (χ0v) is 14.0. The zero-order chi connectivity index (χ0) is 16.9. The van der Waals surface area contributed by atoms with Crippen LogP contribution in [0.3, 0.4) is 0 Å². The summed E-state index contributed by atoms with van der Waals surface area (Å²) in [5.74, 6) is -0.582. The van der Waals surface area contributed by atoms with Gasteiger partial charge < -0.3 is 9.84 Å². The van der Waals surface area contributed by atoms with Crippen molar-refractivity contribution in [2.45, 2.75) is 26.8 Å². The summed E-state index contributed by atoms with van der Waals surface area (Å²) in [5.41, 5.74) is 3.16. The fraction of sp³-hybridized carbons (Fsp3) is 0.588. The van der Waals surface area contributed by atoms with Gasteiger partial charge in [0.05, 0.1) is 12.8 Å². The van der Waals surface area contributed by atoms with E-state index in [0.717, 1.165) is 35.6 Å². The Morgan fingerprint density at radius 3 is 3.08 bits per heavy atom. The van der Waals surface area contributed by atoms with E-state index in [4.69, 9.17) is 4.74 Å². The number of fused-ring (bicyclic) bond motifs is 2. The van der Waals surface area contributed by atoms with E-state index in [1.165, 1.54) is 0 Å². The van der Waals surface area contributed by atoms with Crippen LogP contribution in [0.5, 0.6) is 0 Å². The molecule has 2 aromatic rings. The number of aryl methyl sites for hydroxylation is 2. The Kier molecular flexibility index (Phi) is 3.58. The molecule has 7 heteroatoms. The summed E-state index contributed by atoms with van der Waals surface area (Å²) in [6.07, 6.45) is 2.66. The third kappa shape index (κ3) is 2.31. The lowest BCUT2D eigenvalue weighted by molar-refractivity contribution is -0.159. The van der Waals surface area contributed by atoms with Gasteiger partial charge in [0.15, 0.2) is 5.65 Å². The Labute approximate surface area is 140 Å². The first kappa shape index (κ1) is 15.5. The number of ether oxygens (including phenoxy) is 1. The second-order valence-electron chi connectivity index (χ2n) is 7.11. The number of hydrogen-bond donors (Lipinski definition) is 1. The molecule has 2 aliphatic rings. The number of carboxylic acids is 1. The van der Waals surface area contributed by atoms with Crippen molar-refractivity contribution in [3.8, 4) is 0 Å². The lowest BCUT2D eigenvalue weighted by atomic mass is 9.76. The molecule has 0 amide bonds. The number of hydrogen-bond acceptors (Lipinski definition) is 5. The number of aliphatic carboxylic acids is 1. The SMILES string of the molecule is Cc1cc(C)n2ncc(CN3C[C@@H]4CCOC[C@]4(C(=O)O)C3)c2n1. The van der Waals surface area contributed by atoms with E-state index in [2.05, 4.69) is 15.0 Å². The molecule has 7 nitrogen and oxygen atoms in total. The highest BCUT2D eigenvalue weighted by Gasteiger charge is 2.54. The van der Waals surface area contributed by atoms with Gasteiger partial charge in [-0.15, -0.1) is 0 Å². The van der Waals surface area contributed by atoms with Crippen LogP contribution in [-0.4, -0.2) is 56.9 Å². The Bertz CT molecular complexity index is 802. The topological polar surface area (TPSA) is 80.0 Å². The summed E-state index contributed by atoms with van der Waals surface area (Å²) < 4.78 is 7.35. The normalized spacial score (nSPS) is 27.5. The second-order valence-corrected chi connectivity index (χ2v) is 7.11. The van der Waals surface area contributed by atoms with Gasteiger partial charge in [-0.05, 0) is 32.3 Å². The first-order valence-corrected chi connectivity index (χ1v) is 8.34. The molecular weight excluding hydrogens is 308 g/mol. The van der Waals surface area contributed by atoms with Crippen molar-refractivity contribution in [2.75, 3.05) is 26.3 Å². The minimum Gasteiger partial charge on any atom is -0.481 e. The van der Waals surface area contributed by atoms with E-state index < -0.39 is 11.4 Å². The first-order valence-electron chi connectivity index (χ1n) is 8.34. The molecule has 2 aliphatic heterocycles. The van der Waals surface area contributed by atoms with Crippen LogP contribution in [0.4, 0.5) is 0 Å². The van der Waals surface area contributed by atoms with Gasteiger partial charge in [-0.1, -0.05) is 0 Å². The van der Waals surface area contributed by atoms with Crippen molar-refractivity contribution in [3.63, 3.8) is 0 Å². The van der Waals surface area contributed by atoms with Gasteiger partial charge >= 0.3 is 5.97 Å². The fourth-order valence-corrected chi connectivity index (χ4v) is 4.18. The van der Waals surface area contributed by atoms with Crippen molar-refractivity contribution < 1.29 is 14.6 Å². The smallest absolute Gasteiger partial charge is 0.313 e. The van der Waals surface area contributed by atoms with Gasteiger partial charge in [0.1, 0.15) is 5.41 Å². The molecule has 0 spiro atoms. The van der Waals surface area contributed by atoms with E-state index in [1.807, 2.05) is 30.6 Å². The summed E-state index contributed by atoms with van der Waals surface area (Å²) in [4.78, 5) is 18.7. The van der Waals surface area contributed by atoms with Gasteiger partial charge in [-0.25, -0.2) is 9.50 Å². The average Bonchev–Trinajstić information content (AvgIpc) is 3.10. The number of nitrogens with zero attached hydrogens (tertiary/aromatic N) is 4. The Balaban J connectivity index is 1.62. The quantitative estimate of drug-likeness (QED) is 0.913. The lowest BCUT2D eigenvalue weighted by Crippen LogP contribution is -2.46. The van der Waals surface area contributed by atoms with Gasteiger partial charge in [0, 0.05) is 43.2 Å². The monoisotopic (exact) mass is 330 g/mol. The van der Waals surface area contributed by atoms with Crippen LogP contribution in [-0.2, 0) is 16.1 Å². The minimum atomic E-state index is -0.763. The molecule has 0 unspecified atom stereocenters. The molecule has 24 heavy (non-hydrogen) atoms. The summed E-state index contributed by atoms with van der Waals surface area (Å²) in [7, 11) is 0. The summed E-state index contributed by atoms with van der Waals surface area (Å²) >= 11 is 0. The molecule has 0 aliphatic carbocycles. The van der Waals surface area contributed by atoms with Crippen molar-refractivity contribution in [1.82, 2.24) is 19.5 Å². The zero-order valence-electron chi connectivity index (χ0n) is 14.0. The first-order chi connectivity index (χ1) is 11.5. The molecule has 2 aromatic heterocycles. The van der Waals surface area contributed by atoms with Crippen molar-refractivity contribution >= 4 is 11.6 Å². The van der Waals surface area contributed by atoms with E-state index in [0.29, 0.717) is 26.3 Å². The molecule has 2 saturated heterocycles. The largest absolute Gasteiger partial charge is 0.481 e. The third-order valence-electron chi connectivity index (χ3n) is 5.41. The molecule has 1 N–H and O–H groups in total. The molecule has 0 radical (unpaired) electrons. The van der Waals surface area contributed by atoms with Crippen LogP contribution >= 0.6 is 0 Å². The molecule has 2 atom stereocenters. The number of aromatic nitrogens is 3. The number of likely N-dealkylation sites (tertiary alicyclic amines) is 1. The number of carbonyl (C=O) groups is 1. The predicted octanol–water partition coefficient (Wildman–Crippen LogP) is 1.27. The number of rotatable bonds is 3. The Morgan fingerprint density at radius 2 is 2.33 bits per heavy atom. The fourth-order valence-electron chi connectivity index (χ4n) is 4.18. The van der Waals surface area contributed by atoms with Crippen molar-refractivity contribution in [2.24, 2.45) is 11.3 Å². The Morgan fingerprint density at radius 1 is 1.50 bits per heavy atom. The molecule has 4 rings (SSSR count). The van der Waals surface area contributed by atoms with Crippen LogP contribution in [0.25, 0.3) is 5.65 Å². The van der Waals surface area contributed by atoms with Crippen LogP contribution in [0, 0.1) is 25.2 Å². The second kappa shape index (κ2) is 5.53. The molecule has 0 aromatic carbocycles. The minimum absolute atomic E-state index is 0.155. The maximum Gasteiger partial charge on any atom is 0.313 e. The molecule has 2 fully saturated rings. The van der Waals surface area contributed by atoms with Crippen molar-refractivity contribution in [1.29, 1.82) is 0 Å². The van der Waals surface area contributed by atoms with E-state index >= 15 is 0 Å². The van der Waals surface area contributed by atoms with E-state index in [-0.39, 0.29) is 5.92 Å².